The van der Waals surface area contributed by atoms with Gasteiger partial charge in [-0.25, -0.2) is 4.79 Å². The summed E-state index contributed by atoms with van der Waals surface area (Å²) in [4.78, 5) is 14.0. The number of aryl methyl sites for hydroxylation is 2. The predicted molar refractivity (Wildman–Crippen MR) is 96.9 cm³/mol. The molecule has 2 aromatic rings. The lowest BCUT2D eigenvalue weighted by Gasteiger charge is -2.29. The van der Waals surface area contributed by atoms with Crippen LogP contribution in [0.1, 0.15) is 46.6 Å². The van der Waals surface area contributed by atoms with Crippen molar-refractivity contribution in [1.29, 1.82) is 0 Å². The van der Waals surface area contributed by atoms with Crippen molar-refractivity contribution in [2.75, 3.05) is 0 Å². The summed E-state index contributed by atoms with van der Waals surface area (Å²) in [5.41, 5.74) is 3.64. The van der Waals surface area contributed by atoms with Crippen LogP contribution in [-0.2, 0) is 12.8 Å². The van der Waals surface area contributed by atoms with Crippen LogP contribution in [0.3, 0.4) is 0 Å². The summed E-state index contributed by atoms with van der Waals surface area (Å²) in [6.45, 7) is 6.39. The zero-order valence-corrected chi connectivity index (χ0v) is 15.2. The minimum Gasteiger partial charge on any atom is -0.478 e. The maximum absolute atomic E-state index is 11.9. The van der Waals surface area contributed by atoms with Gasteiger partial charge in [-0.05, 0) is 66.5 Å². The van der Waals surface area contributed by atoms with Crippen molar-refractivity contribution >= 4 is 30.2 Å². The average molecular weight is 348 g/mol. The summed E-state index contributed by atoms with van der Waals surface area (Å²) in [5.74, 6) is -0.168. The fourth-order valence-electron chi connectivity index (χ4n) is 3.28. The first-order valence-corrected chi connectivity index (χ1v) is 8.81. The summed E-state index contributed by atoms with van der Waals surface area (Å²) in [6, 6.07) is 5.63. The molecule has 1 aromatic heterocycles. The summed E-state index contributed by atoms with van der Waals surface area (Å²) >= 11 is 5.45. The Bertz CT molecular complexity index is 775. The second kappa shape index (κ2) is 5.87. The molecular weight excluding hydrogens is 328 g/mol. The summed E-state index contributed by atoms with van der Waals surface area (Å²) in [5, 5.41) is 9.80. The van der Waals surface area contributed by atoms with Crippen LogP contribution in [0.2, 0.25) is 0 Å². The smallest absolute Gasteiger partial charge is 0.337 e. The Morgan fingerprint density at radius 2 is 2.13 bits per heavy atom. The SMILES string of the molecule is Cc1cc(OS)ccc1-c1sc2c(c1C(=O)O)CC(C)(C)CC2. The maximum atomic E-state index is 11.9. The second-order valence-corrected chi connectivity index (χ2v) is 8.21. The molecule has 0 fully saturated rings. The summed E-state index contributed by atoms with van der Waals surface area (Å²) < 4.78 is 4.95. The van der Waals surface area contributed by atoms with Crippen LogP contribution in [0, 0.1) is 12.3 Å². The number of hydrogen-bond acceptors (Lipinski definition) is 4. The average Bonchev–Trinajstić information content (AvgIpc) is 2.83. The Kier molecular flexibility index (Phi) is 4.19. The van der Waals surface area contributed by atoms with Gasteiger partial charge >= 0.3 is 5.97 Å². The fraction of sp³-hybridized carbons (Fsp3) is 0.389. The van der Waals surface area contributed by atoms with Crippen LogP contribution >= 0.6 is 24.2 Å². The molecule has 3 rings (SSSR count). The first-order chi connectivity index (χ1) is 10.8. The van der Waals surface area contributed by atoms with Crippen molar-refractivity contribution in [1.82, 2.24) is 0 Å². The van der Waals surface area contributed by atoms with Gasteiger partial charge in [-0.15, -0.1) is 11.3 Å². The first kappa shape index (κ1) is 16.4. The van der Waals surface area contributed by atoms with E-state index < -0.39 is 5.97 Å². The molecule has 23 heavy (non-hydrogen) atoms. The van der Waals surface area contributed by atoms with E-state index in [1.807, 2.05) is 25.1 Å². The number of aromatic carboxylic acids is 1. The van der Waals surface area contributed by atoms with Crippen molar-refractivity contribution in [3.05, 3.63) is 39.8 Å². The zero-order chi connectivity index (χ0) is 16.8. The lowest BCUT2D eigenvalue weighted by Crippen LogP contribution is -2.22. The molecule has 1 aromatic carbocycles. The van der Waals surface area contributed by atoms with Gasteiger partial charge in [0, 0.05) is 22.7 Å². The number of thiophene rings is 1. The molecule has 0 radical (unpaired) electrons. The van der Waals surface area contributed by atoms with E-state index in [2.05, 4.69) is 26.8 Å². The zero-order valence-electron chi connectivity index (χ0n) is 13.5. The monoisotopic (exact) mass is 348 g/mol. The van der Waals surface area contributed by atoms with Crippen LogP contribution < -0.4 is 4.18 Å². The molecule has 1 heterocycles. The van der Waals surface area contributed by atoms with Crippen molar-refractivity contribution < 1.29 is 14.1 Å². The van der Waals surface area contributed by atoms with Gasteiger partial charge in [0.25, 0.3) is 0 Å². The topological polar surface area (TPSA) is 46.5 Å². The normalized spacial score (nSPS) is 16.0. The number of fused-ring (bicyclic) bond motifs is 1. The number of thiol groups is 1. The molecule has 0 atom stereocenters. The highest BCUT2D eigenvalue weighted by molar-refractivity contribution is 7.75. The van der Waals surface area contributed by atoms with Gasteiger partial charge in [0.15, 0.2) is 0 Å². The molecular formula is C18H20O3S2. The third kappa shape index (κ3) is 3.00. The predicted octanol–water partition coefficient (Wildman–Crippen LogP) is 5.16. The second-order valence-electron chi connectivity index (χ2n) is 6.92. The van der Waals surface area contributed by atoms with Crippen LogP contribution in [0.15, 0.2) is 18.2 Å². The largest absolute Gasteiger partial charge is 0.478 e. The molecule has 0 unspecified atom stereocenters. The Balaban J connectivity index is 2.18. The van der Waals surface area contributed by atoms with E-state index in [0.29, 0.717) is 11.3 Å². The molecule has 0 amide bonds. The molecule has 3 nitrogen and oxygen atoms in total. The van der Waals surface area contributed by atoms with E-state index in [1.54, 1.807) is 11.3 Å². The number of hydrogen-bond donors (Lipinski definition) is 2. The molecule has 0 bridgehead atoms. The fourth-order valence-corrected chi connectivity index (χ4v) is 4.80. The third-order valence-electron chi connectivity index (χ3n) is 4.54. The highest BCUT2D eigenvalue weighted by atomic mass is 32.1. The number of carboxylic acids is 1. The molecule has 5 heteroatoms. The molecule has 1 aliphatic rings. The van der Waals surface area contributed by atoms with Gasteiger partial charge in [0.1, 0.15) is 5.75 Å². The van der Waals surface area contributed by atoms with E-state index in [1.165, 1.54) is 4.88 Å². The maximum Gasteiger partial charge on any atom is 0.337 e. The van der Waals surface area contributed by atoms with Crippen molar-refractivity contribution in [3.8, 4) is 16.2 Å². The van der Waals surface area contributed by atoms with Crippen LogP contribution in [0.5, 0.6) is 5.75 Å². The minimum atomic E-state index is -0.830. The van der Waals surface area contributed by atoms with Gasteiger partial charge in [-0.2, -0.15) is 0 Å². The van der Waals surface area contributed by atoms with Crippen LogP contribution in [0.4, 0.5) is 0 Å². The Morgan fingerprint density at radius 1 is 1.39 bits per heavy atom. The molecule has 0 spiro atoms. The lowest BCUT2D eigenvalue weighted by atomic mass is 9.76. The van der Waals surface area contributed by atoms with Gasteiger partial charge in [0.05, 0.1) is 5.56 Å². The molecule has 0 aliphatic heterocycles. The quantitative estimate of drug-likeness (QED) is 0.595. The Hall–Kier alpha value is -1.46. The van der Waals surface area contributed by atoms with Gasteiger partial charge in [-0.3, -0.25) is 0 Å². The molecule has 0 saturated carbocycles. The standard InChI is InChI=1S/C18H20O3S2/c1-10-8-11(21-22)4-5-12(10)16-15(17(19)20)13-9-18(2,3)7-6-14(13)23-16/h4-5,8,22H,6-7,9H2,1-3H3,(H,19,20). The Labute approximate surface area is 145 Å². The Morgan fingerprint density at radius 3 is 2.74 bits per heavy atom. The van der Waals surface area contributed by atoms with Crippen LogP contribution in [-0.4, -0.2) is 11.1 Å². The summed E-state index contributed by atoms with van der Waals surface area (Å²) in [7, 11) is 0. The molecule has 122 valence electrons. The molecule has 1 aliphatic carbocycles. The van der Waals surface area contributed by atoms with Crippen molar-refractivity contribution in [2.24, 2.45) is 5.41 Å². The van der Waals surface area contributed by atoms with Gasteiger partial charge in [0.2, 0.25) is 0 Å². The number of carbonyl (C=O) groups is 1. The number of rotatable bonds is 3. The summed E-state index contributed by atoms with van der Waals surface area (Å²) in [6.07, 6.45) is 2.89. The van der Waals surface area contributed by atoms with E-state index in [9.17, 15) is 9.90 Å². The van der Waals surface area contributed by atoms with E-state index in [4.69, 9.17) is 4.18 Å². The highest BCUT2D eigenvalue weighted by Crippen LogP contribution is 2.46. The molecule has 0 saturated heterocycles. The van der Waals surface area contributed by atoms with E-state index in [0.717, 1.165) is 40.8 Å². The first-order valence-electron chi connectivity index (χ1n) is 7.62. The number of carboxylic acid groups (broad SMARTS) is 1. The van der Waals surface area contributed by atoms with Gasteiger partial charge in [-0.1, -0.05) is 13.8 Å². The lowest BCUT2D eigenvalue weighted by molar-refractivity contribution is 0.0696. The van der Waals surface area contributed by atoms with Crippen molar-refractivity contribution in [2.45, 2.75) is 40.0 Å². The highest BCUT2D eigenvalue weighted by Gasteiger charge is 2.33. The van der Waals surface area contributed by atoms with Crippen LogP contribution in [0.25, 0.3) is 10.4 Å². The van der Waals surface area contributed by atoms with E-state index >= 15 is 0 Å². The van der Waals surface area contributed by atoms with Gasteiger partial charge < -0.3 is 9.29 Å². The number of benzene rings is 1. The molecule has 1 N–H and O–H groups in total. The van der Waals surface area contributed by atoms with E-state index in [-0.39, 0.29) is 5.41 Å². The van der Waals surface area contributed by atoms with Crippen molar-refractivity contribution in [3.63, 3.8) is 0 Å². The third-order valence-corrected chi connectivity index (χ3v) is 6.07. The minimum absolute atomic E-state index is 0.161.